The topological polar surface area (TPSA) is 44.0 Å². The first-order valence-corrected chi connectivity index (χ1v) is 6.81. The summed E-state index contributed by atoms with van der Waals surface area (Å²) in [5.74, 6) is 0. The molecule has 6 heteroatoms. The van der Waals surface area contributed by atoms with Crippen molar-refractivity contribution < 1.29 is 0 Å². The zero-order valence-electron chi connectivity index (χ0n) is 10.1. The second-order valence-corrected chi connectivity index (χ2v) is 5.79. The molecular weight excluding hydrogens is 240 g/mol. The Morgan fingerprint density at radius 2 is 2.25 bits per heavy atom. The van der Waals surface area contributed by atoms with E-state index in [0.717, 1.165) is 28.6 Å². The first-order valence-electron chi connectivity index (χ1n) is 5.59. The summed E-state index contributed by atoms with van der Waals surface area (Å²) in [6.45, 7) is 6.54. The highest BCUT2D eigenvalue weighted by molar-refractivity contribution is 7.73. The summed E-state index contributed by atoms with van der Waals surface area (Å²) in [6, 6.07) is 0.629. The predicted molar refractivity (Wildman–Crippen MR) is 72.8 cm³/mol. The fourth-order valence-corrected chi connectivity index (χ4v) is 2.06. The van der Waals surface area contributed by atoms with Crippen LogP contribution in [0.15, 0.2) is 0 Å². The highest BCUT2D eigenvalue weighted by atomic mass is 32.1. The molecule has 0 aliphatic rings. The molecule has 0 aliphatic heterocycles. The van der Waals surface area contributed by atoms with Crippen molar-refractivity contribution >= 4 is 28.7 Å². The van der Waals surface area contributed by atoms with Crippen LogP contribution in [0.2, 0.25) is 0 Å². The minimum Gasteiger partial charge on any atom is -0.360 e. The van der Waals surface area contributed by atoms with E-state index in [-0.39, 0.29) is 0 Å². The number of aromatic amines is 1. The maximum Gasteiger partial charge on any atom is 0.204 e. The third-order valence-electron chi connectivity index (χ3n) is 2.53. The molecule has 1 rings (SSSR count). The number of anilines is 1. The number of nitrogens with one attached hydrogen (secondary N) is 2. The molecule has 0 aliphatic carbocycles. The van der Waals surface area contributed by atoms with Gasteiger partial charge in [0.2, 0.25) is 5.13 Å². The van der Waals surface area contributed by atoms with E-state index in [2.05, 4.69) is 41.3 Å². The Balaban J connectivity index is 2.06. The van der Waals surface area contributed by atoms with E-state index in [4.69, 9.17) is 12.2 Å². The summed E-state index contributed by atoms with van der Waals surface area (Å²) in [7, 11) is 2.16. The van der Waals surface area contributed by atoms with Gasteiger partial charge in [0.1, 0.15) is 0 Å². The number of nitrogens with zero attached hydrogens (tertiary/aromatic N) is 2. The summed E-state index contributed by atoms with van der Waals surface area (Å²) in [6.07, 6.45) is 2.36. The van der Waals surface area contributed by atoms with Gasteiger partial charge in [0, 0.05) is 12.6 Å². The van der Waals surface area contributed by atoms with Gasteiger partial charge in [-0.3, -0.25) is 5.10 Å². The Morgan fingerprint density at radius 1 is 1.50 bits per heavy atom. The number of rotatable bonds is 7. The summed E-state index contributed by atoms with van der Waals surface area (Å²) in [5.41, 5.74) is 0. The largest absolute Gasteiger partial charge is 0.360 e. The van der Waals surface area contributed by atoms with E-state index in [1.807, 2.05) is 0 Å². The van der Waals surface area contributed by atoms with Crippen molar-refractivity contribution in [2.75, 3.05) is 25.5 Å². The summed E-state index contributed by atoms with van der Waals surface area (Å²) >= 11 is 6.43. The Labute approximate surface area is 106 Å². The standard InChI is InChI=1S/C10H20N4S2/c1-8(2)14(3)7-5-4-6-11-9-12-13-10(15)16-9/h8H,4-7H2,1-3H3,(H,11,12)(H,13,15). The van der Waals surface area contributed by atoms with Crippen molar-refractivity contribution in [3.05, 3.63) is 3.95 Å². The van der Waals surface area contributed by atoms with Crippen LogP contribution in [0.3, 0.4) is 0 Å². The zero-order valence-corrected chi connectivity index (χ0v) is 11.7. The number of H-pyrrole nitrogens is 1. The van der Waals surface area contributed by atoms with Crippen LogP contribution in [-0.4, -0.2) is 41.3 Å². The molecule has 0 amide bonds. The number of unbranched alkanes of at least 4 members (excludes halogenated alkanes) is 1. The summed E-state index contributed by atoms with van der Waals surface area (Å²) < 4.78 is 0.724. The Kier molecular flexibility index (Phi) is 5.94. The van der Waals surface area contributed by atoms with Gasteiger partial charge in [-0.25, -0.2) is 0 Å². The zero-order chi connectivity index (χ0) is 12.0. The van der Waals surface area contributed by atoms with Crippen LogP contribution in [0.25, 0.3) is 0 Å². The molecule has 0 saturated heterocycles. The highest BCUT2D eigenvalue weighted by Gasteiger charge is 2.02. The SMILES string of the molecule is CC(C)N(C)CCCCNc1n[nH]c(=S)s1. The third-order valence-corrected chi connectivity index (χ3v) is 3.58. The molecule has 1 aromatic rings. The van der Waals surface area contributed by atoms with Crippen LogP contribution >= 0.6 is 23.6 Å². The van der Waals surface area contributed by atoms with E-state index >= 15 is 0 Å². The van der Waals surface area contributed by atoms with Crippen molar-refractivity contribution in [2.45, 2.75) is 32.7 Å². The van der Waals surface area contributed by atoms with Crippen molar-refractivity contribution in [3.8, 4) is 0 Å². The lowest BCUT2D eigenvalue weighted by atomic mass is 10.2. The second-order valence-electron chi connectivity index (χ2n) is 4.13. The highest BCUT2D eigenvalue weighted by Crippen LogP contribution is 2.10. The summed E-state index contributed by atoms with van der Waals surface area (Å²) in [5, 5.41) is 11.0. The fraction of sp³-hybridized carbons (Fsp3) is 0.800. The smallest absolute Gasteiger partial charge is 0.204 e. The van der Waals surface area contributed by atoms with Gasteiger partial charge in [0.15, 0.2) is 3.95 Å². The molecule has 0 atom stereocenters. The number of hydrogen-bond acceptors (Lipinski definition) is 5. The number of hydrogen-bond donors (Lipinski definition) is 2. The number of aromatic nitrogens is 2. The van der Waals surface area contributed by atoms with Crippen LogP contribution < -0.4 is 5.32 Å². The second kappa shape index (κ2) is 6.98. The maximum atomic E-state index is 4.95. The molecule has 0 unspecified atom stereocenters. The molecule has 0 fully saturated rings. The van der Waals surface area contributed by atoms with E-state index in [1.165, 1.54) is 17.8 Å². The van der Waals surface area contributed by atoms with Crippen LogP contribution in [0.5, 0.6) is 0 Å². The van der Waals surface area contributed by atoms with Crippen LogP contribution in [0, 0.1) is 3.95 Å². The van der Waals surface area contributed by atoms with Gasteiger partial charge in [0.25, 0.3) is 0 Å². The molecule has 0 radical (unpaired) electrons. The van der Waals surface area contributed by atoms with Crippen LogP contribution in [0.4, 0.5) is 5.13 Å². The summed E-state index contributed by atoms with van der Waals surface area (Å²) in [4.78, 5) is 2.36. The lowest BCUT2D eigenvalue weighted by molar-refractivity contribution is 0.269. The van der Waals surface area contributed by atoms with E-state index in [9.17, 15) is 0 Å². The molecule has 0 bridgehead atoms. The molecule has 4 nitrogen and oxygen atoms in total. The molecule has 2 N–H and O–H groups in total. The molecule has 1 heterocycles. The first kappa shape index (κ1) is 13.6. The van der Waals surface area contributed by atoms with Crippen molar-refractivity contribution in [2.24, 2.45) is 0 Å². The molecule has 1 aromatic heterocycles. The lowest BCUT2D eigenvalue weighted by Gasteiger charge is -2.20. The molecule has 92 valence electrons. The van der Waals surface area contributed by atoms with Gasteiger partial charge in [-0.1, -0.05) is 11.3 Å². The van der Waals surface area contributed by atoms with Gasteiger partial charge in [0.05, 0.1) is 0 Å². The third kappa shape index (κ3) is 5.05. The van der Waals surface area contributed by atoms with E-state index in [0.29, 0.717) is 6.04 Å². The van der Waals surface area contributed by atoms with Crippen LogP contribution in [-0.2, 0) is 0 Å². The average Bonchev–Trinajstić information content (AvgIpc) is 2.63. The molecule has 0 saturated carbocycles. The molecule has 0 aromatic carbocycles. The van der Waals surface area contributed by atoms with Gasteiger partial charge in [-0.05, 0) is 52.5 Å². The van der Waals surface area contributed by atoms with Crippen molar-refractivity contribution in [1.82, 2.24) is 15.1 Å². The molecular formula is C10H20N4S2. The quantitative estimate of drug-likeness (QED) is 0.584. The average molecular weight is 260 g/mol. The Morgan fingerprint density at radius 3 is 2.81 bits per heavy atom. The van der Waals surface area contributed by atoms with Crippen LogP contribution in [0.1, 0.15) is 26.7 Å². The fourth-order valence-electron chi connectivity index (χ4n) is 1.25. The lowest BCUT2D eigenvalue weighted by Crippen LogP contribution is -2.27. The van der Waals surface area contributed by atoms with Crippen molar-refractivity contribution in [1.29, 1.82) is 0 Å². The monoisotopic (exact) mass is 260 g/mol. The van der Waals surface area contributed by atoms with Gasteiger partial charge >= 0.3 is 0 Å². The van der Waals surface area contributed by atoms with E-state index in [1.54, 1.807) is 0 Å². The molecule has 0 spiro atoms. The first-order chi connectivity index (χ1) is 7.59. The normalized spacial score (nSPS) is 11.3. The Hall–Kier alpha value is -0.460. The van der Waals surface area contributed by atoms with Gasteiger partial charge < -0.3 is 10.2 Å². The van der Waals surface area contributed by atoms with Crippen molar-refractivity contribution in [3.63, 3.8) is 0 Å². The van der Waals surface area contributed by atoms with Gasteiger partial charge in [-0.2, -0.15) is 0 Å². The predicted octanol–water partition coefficient (Wildman–Crippen LogP) is 2.73. The maximum absolute atomic E-state index is 4.95. The van der Waals surface area contributed by atoms with Gasteiger partial charge in [-0.15, -0.1) is 5.10 Å². The minimum atomic E-state index is 0.629. The van der Waals surface area contributed by atoms with E-state index < -0.39 is 0 Å². The Bertz CT molecular complexity index is 345. The minimum absolute atomic E-state index is 0.629. The molecule has 16 heavy (non-hydrogen) atoms.